The van der Waals surface area contributed by atoms with Crippen molar-refractivity contribution < 1.29 is 9.59 Å². The molecular formula is C16H15Cl3N4O2. The van der Waals surface area contributed by atoms with Crippen LogP contribution in [0.25, 0.3) is 0 Å². The minimum atomic E-state index is -0.618. The highest BCUT2D eigenvalue weighted by Crippen LogP contribution is 2.25. The van der Waals surface area contributed by atoms with Gasteiger partial charge < -0.3 is 10.6 Å². The van der Waals surface area contributed by atoms with Crippen molar-refractivity contribution in [2.24, 2.45) is 0 Å². The van der Waals surface area contributed by atoms with E-state index in [9.17, 15) is 9.59 Å². The number of hydrogen-bond donors (Lipinski definition) is 4. The minimum absolute atomic E-state index is 0.375. The number of carbonyl (C=O) groups excluding carboxylic acids is 2. The first-order valence-electron chi connectivity index (χ1n) is 7.19. The van der Waals surface area contributed by atoms with E-state index in [1.807, 2.05) is 0 Å². The van der Waals surface area contributed by atoms with Crippen LogP contribution < -0.4 is 21.5 Å². The van der Waals surface area contributed by atoms with Crippen LogP contribution in [0.15, 0.2) is 42.5 Å². The molecule has 1 unspecified atom stereocenters. The van der Waals surface area contributed by atoms with E-state index in [0.717, 1.165) is 0 Å². The molecule has 0 saturated heterocycles. The highest BCUT2D eigenvalue weighted by molar-refractivity contribution is 6.42. The predicted octanol–water partition coefficient (Wildman–Crippen LogP) is 4.30. The third kappa shape index (κ3) is 6.01. The third-order valence-corrected chi connectivity index (χ3v) is 4.09. The van der Waals surface area contributed by atoms with Crippen molar-refractivity contribution in [3.05, 3.63) is 57.5 Å². The molecule has 9 heteroatoms. The van der Waals surface area contributed by atoms with Crippen molar-refractivity contribution in [2.75, 3.05) is 10.6 Å². The van der Waals surface area contributed by atoms with Crippen LogP contribution in [0, 0.1) is 0 Å². The summed E-state index contributed by atoms with van der Waals surface area (Å²) < 4.78 is 0. The molecule has 0 spiro atoms. The van der Waals surface area contributed by atoms with Crippen molar-refractivity contribution in [1.82, 2.24) is 10.9 Å². The second-order valence-electron chi connectivity index (χ2n) is 5.07. The molecule has 0 saturated carbocycles. The number of halogens is 3. The van der Waals surface area contributed by atoms with Gasteiger partial charge in [-0.1, -0.05) is 34.8 Å². The Balaban J connectivity index is 1.81. The molecular weight excluding hydrogens is 387 g/mol. The Kier molecular flexibility index (Phi) is 6.75. The third-order valence-electron chi connectivity index (χ3n) is 3.10. The minimum Gasteiger partial charge on any atom is -0.374 e. The van der Waals surface area contributed by atoms with E-state index < -0.39 is 18.0 Å². The summed E-state index contributed by atoms with van der Waals surface area (Å²) in [6, 6.07) is 10.3. The summed E-state index contributed by atoms with van der Waals surface area (Å²) in [6.45, 7) is 1.64. The fourth-order valence-electron chi connectivity index (χ4n) is 1.82. The lowest BCUT2D eigenvalue weighted by molar-refractivity contribution is -0.122. The molecule has 0 heterocycles. The van der Waals surface area contributed by atoms with Gasteiger partial charge in [0.05, 0.1) is 10.0 Å². The molecule has 2 aromatic carbocycles. The van der Waals surface area contributed by atoms with Crippen molar-refractivity contribution in [1.29, 1.82) is 0 Å². The zero-order chi connectivity index (χ0) is 18.4. The van der Waals surface area contributed by atoms with Crippen molar-refractivity contribution in [2.45, 2.75) is 13.0 Å². The molecule has 25 heavy (non-hydrogen) atoms. The summed E-state index contributed by atoms with van der Waals surface area (Å²) in [6.07, 6.45) is 0. The molecule has 4 N–H and O–H groups in total. The largest absolute Gasteiger partial charge is 0.374 e. The van der Waals surface area contributed by atoms with Crippen LogP contribution in [0.4, 0.5) is 16.2 Å². The standard InChI is InChI=1S/C16H15Cl3N4O2/c1-9(20-12-6-7-13(18)14(19)8-12)15(24)22-23-16(25)21-11-4-2-10(17)3-5-11/h2-9,20H,1H3,(H,22,24)(H2,21,23,25). The molecule has 6 nitrogen and oxygen atoms in total. The summed E-state index contributed by atoms with van der Waals surface area (Å²) in [4.78, 5) is 23.8. The summed E-state index contributed by atoms with van der Waals surface area (Å²) in [5, 5.41) is 6.85. The number of nitrogens with one attached hydrogen (secondary N) is 4. The highest BCUT2D eigenvalue weighted by atomic mass is 35.5. The molecule has 2 aromatic rings. The van der Waals surface area contributed by atoms with Gasteiger partial charge in [-0.05, 0) is 49.4 Å². The molecule has 3 amide bonds. The summed E-state index contributed by atoms with van der Waals surface area (Å²) in [5.74, 6) is -0.433. The highest BCUT2D eigenvalue weighted by Gasteiger charge is 2.14. The number of urea groups is 1. The Hall–Kier alpha value is -2.15. The molecule has 132 valence electrons. The zero-order valence-electron chi connectivity index (χ0n) is 13.1. The quantitative estimate of drug-likeness (QED) is 0.577. The maximum Gasteiger partial charge on any atom is 0.337 e. The van der Waals surface area contributed by atoms with E-state index in [4.69, 9.17) is 34.8 Å². The average molecular weight is 402 g/mol. The van der Waals surface area contributed by atoms with E-state index in [-0.39, 0.29) is 0 Å². The van der Waals surface area contributed by atoms with Crippen LogP contribution in [0.2, 0.25) is 15.1 Å². The van der Waals surface area contributed by atoms with Gasteiger partial charge in [-0.15, -0.1) is 0 Å². The first-order valence-corrected chi connectivity index (χ1v) is 8.32. The van der Waals surface area contributed by atoms with Gasteiger partial charge in [-0.3, -0.25) is 10.2 Å². The second kappa shape index (κ2) is 8.80. The van der Waals surface area contributed by atoms with Crippen molar-refractivity contribution >= 4 is 58.1 Å². The molecule has 0 aliphatic carbocycles. The summed E-state index contributed by atoms with van der Waals surface area (Å²) >= 11 is 17.5. The molecule has 0 fully saturated rings. The topological polar surface area (TPSA) is 82.3 Å². The molecule has 1 atom stereocenters. The van der Waals surface area contributed by atoms with Gasteiger partial charge in [0.1, 0.15) is 6.04 Å². The first kappa shape index (κ1) is 19.2. The Morgan fingerprint density at radius 3 is 2.16 bits per heavy atom. The van der Waals surface area contributed by atoms with E-state index >= 15 is 0 Å². The number of amides is 3. The number of carbonyl (C=O) groups is 2. The lowest BCUT2D eigenvalue weighted by atomic mass is 10.2. The van der Waals surface area contributed by atoms with Crippen LogP contribution in [0.3, 0.4) is 0 Å². The first-order chi connectivity index (χ1) is 11.8. The molecule has 0 bridgehead atoms. The predicted molar refractivity (Wildman–Crippen MR) is 101 cm³/mol. The monoisotopic (exact) mass is 400 g/mol. The lowest BCUT2D eigenvalue weighted by Crippen LogP contribution is -2.49. The smallest absolute Gasteiger partial charge is 0.337 e. The average Bonchev–Trinajstić information content (AvgIpc) is 2.58. The van der Waals surface area contributed by atoms with Gasteiger partial charge in [0.25, 0.3) is 5.91 Å². The normalized spacial score (nSPS) is 11.4. The fourth-order valence-corrected chi connectivity index (χ4v) is 2.25. The Labute approximate surface area is 159 Å². The van der Waals surface area contributed by atoms with Crippen molar-refractivity contribution in [3.8, 4) is 0 Å². The maximum atomic E-state index is 12.0. The van der Waals surface area contributed by atoms with Gasteiger partial charge in [0, 0.05) is 16.4 Å². The van der Waals surface area contributed by atoms with Gasteiger partial charge >= 0.3 is 6.03 Å². The number of benzene rings is 2. The Morgan fingerprint density at radius 1 is 0.880 bits per heavy atom. The van der Waals surface area contributed by atoms with E-state index in [0.29, 0.717) is 26.4 Å². The van der Waals surface area contributed by atoms with Crippen LogP contribution in [-0.4, -0.2) is 18.0 Å². The van der Waals surface area contributed by atoms with E-state index in [1.54, 1.807) is 49.4 Å². The summed E-state index contributed by atoms with van der Waals surface area (Å²) in [5.41, 5.74) is 5.74. The van der Waals surface area contributed by atoms with Gasteiger partial charge in [0.15, 0.2) is 0 Å². The number of anilines is 2. The van der Waals surface area contributed by atoms with Gasteiger partial charge in [0.2, 0.25) is 0 Å². The second-order valence-corrected chi connectivity index (χ2v) is 6.32. The number of hydrogen-bond acceptors (Lipinski definition) is 3. The van der Waals surface area contributed by atoms with Crippen LogP contribution in [-0.2, 0) is 4.79 Å². The zero-order valence-corrected chi connectivity index (χ0v) is 15.3. The maximum absolute atomic E-state index is 12.0. The molecule has 0 radical (unpaired) electrons. The fraction of sp³-hybridized carbons (Fsp3) is 0.125. The van der Waals surface area contributed by atoms with Crippen LogP contribution in [0.5, 0.6) is 0 Å². The Morgan fingerprint density at radius 2 is 1.52 bits per heavy atom. The Bertz CT molecular complexity index is 768. The number of rotatable bonds is 4. The molecule has 0 aliphatic rings. The lowest BCUT2D eigenvalue weighted by Gasteiger charge is -2.16. The molecule has 0 aliphatic heterocycles. The summed E-state index contributed by atoms with van der Waals surface area (Å²) in [7, 11) is 0. The van der Waals surface area contributed by atoms with E-state index in [1.165, 1.54) is 0 Å². The van der Waals surface area contributed by atoms with Gasteiger partial charge in [-0.2, -0.15) is 0 Å². The molecule has 2 rings (SSSR count). The number of hydrazine groups is 1. The van der Waals surface area contributed by atoms with Crippen LogP contribution in [0.1, 0.15) is 6.92 Å². The van der Waals surface area contributed by atoms with Crippen LogP contribution >= 0.6 is 34.8 Å². The van der Waals surface area contributed by atoms with Crippen molar-refractivity contribution in [3.63, 3.8) is 0 Å². The van der Waals surface area contributed by atoms with Gasteiger partial charge in [-0.25, -0.2) is 10.2 Å². The molecule has 0 aromatic heterocycles. The van der Waals surface area contributed by atoms with E-state index in [2.05, 4.69) is 21.5 Å². The SMILES string of the molecule is CC(Nc1ccc(Cl)c(Cl)c1)C(=O)NNC(=O)Nc1ccc(Cl)cc1.